The Labute approximate surface area is 182 Å². The molecule has 1 N–H and O–H groups in total. The lowest BCUT2D eigenvalue weighted by molar-refractivity contribution is -0.142. The number of esters is 1. The number of Topliss-reactive ketones (excluding diaryl/α,β-unsaturated/α-hetero) is 1. The molecule has 3 rings (SSSR count). The summed E-state index contributed by atoms with van der Waals surface area (Å²) in [5.41, 5.74) is 2.67. The Bertz CT molecular complexity index is 951. The Morgan fingerprint density at radius 2 is 2.00 bits per heavy atom. The second-order valence-corrected chi connectivity index (χ2v) is 9.86. The van der Waals surface area contributed by atoms with Crippen molar-refractivity contribution < 1.29 is 14.3 Å². The molecule has 30 heavy (non-hydrogen) atoms. The number of carbonyl (C=O) groups is 2. The van der Waals surface area contributed by atoms with E-state index in [9.17, 15) is 14.9 Å². The Morgan fingerprint density at radius 1 is 1.27 bits per heavy atom. The van der Waals surface area contributed by atoms with Crippen molar-refractivity contribution in [3.8, 4) is 6.07 Å². The highest BCUT2D eigenvalue weighted by molar-refractivity contribution is 7.16. The van der Waals surface area contributed by atoms with Crippen LogP contribution in [0.1, 0.15) is 60.0 Å². The van der Waals surface area contributed by atoms with Gasteiger partial charge in [-0.3, -0.25) is 9.59 Å². The van der Waals surface area contributed by atoms with E-state index >= 15 is 0 Å². The summed E-state index contributed by atoms with van der Waals surface area (Å²) in [7, 11) is 0. The highest BCUT2D eigenvalue weighted by atomic mass is 32.1. The molecular formula is C24H28N2O3S. The van der Waals surface area contributed by atoms with Crippen molar-refractivity contribution in [1.29, 1.82) is 5.26 Å². The van der Waals surface area contributed by atoms with Crippen LogP contribution in [-0.2, 0) is 22.4 Å². The maximum atomic E-state index is 12.0. The Kier molecular flexibility index (Phi) is 6.94. The van der Waals surface area contributed by atoms with E-state index in [2.05, 4.69) is 32.2 Å². The molecule has 0 saturated heterocycles. The van der Waals surface area contributed by atoms with Gasteiger partial charge in [0.25, 0.3) is 0 Å². The van der Waals surface area contributed by atoms with E-state index in [1.165, 1.54) is 10.4 Å². The molecule has 5 nitrogen and oxygen atoms in total. The zero-order chi connectivity index (χ0) is 21.7. The number of fused-ring (bicyclic) bond motifs is 1. The number of benzene rings is 1. The van der Waals surface area contributed by atoms with E-state index < -0.39 is 5.97 Å². The Hall–Kier alpha value is -2.65. The van der Waals surface area contributed by atoms with E-state index in [-0.39, 0.29) is 24.2 Å². The van der Waals surface area contributed by atoms with Crippen LogP contribution in [-0.4, -0.2) is 24.9 Å². The number of nitriles is 1. The molecule has 1 atom stereocenters. The van der Waals surface area contributed by atoms with Gasteiger partial charge in [-0.25, -0.2) is 0 Å². The second-order valence-electron chi connectivity index (χ2n) is 8.75. The molecule has 0 amide bonds. The summed E-state index contributed by atoms with van der Waals surface area (Å²) >= 11 is 1.63. The quantitative estimate of drug-likeness (QED) is 0.500. The molecule has 1 aromatic carbocycles. The van der Waals surface area contributed by atoms with Crippen LogP contribution in [0.2, 0.25) is 0 Å². The summed E-state index contributed by atoms with van der Waals surface area (Å²) < 4.78 is 5.10. The van der Waals surface area contributed by atoms with Crippen molar-refractivity contribution in [3.05, 3.63) is 51.9 Å². The summed E-state index contributed by atoms with van der Waals surface area (Å²) in [6.07, 6.45) is 3.18. The van der Waals surface area contributed by atoms with Crippen LogP contribution in [0.4, 0.5) is 5.00 Å². The molecule has 0 spiro atoms. The van der Waals surface area contributed by atoms with Gasteiger partial charge in [0.2, 0.25) is 0 Å². The van der Waals surface area contributed by atoms with E-state index in [0.29, 0.717) is 18.0 Å². The van der Waals surface area contributed by atoms with Crippen LogP contribution in [0.3, 0.4) is 0 Å². The van der Waals surface area contributed by atoms with Crippen LogP contribution >= 0.6 is 11.3 Å². The van der Waals surface area contributed by atoms with Gasteiger partial charge in [-0.2, -0.15) is 5.26 Å². The normalized spacial score (nSPS) is 15.7. The van der Waals surface area contributed by atoms with Gasteiger partial charge >= 0.3 is 5.97 Å². The SMILES string of the molecule is CC(C)(C)C1CCc2c(sc(NCCC(=O)OCC(=O)c3ccccc3)c2C#N)C1. The average Bonchev–Trinajstić information content (AvgIpc) is 3.08. The molecule has 0 radical (unpaired) electrons. The number of nitrogens with one attached hydrogen (secondary N) is 1. The molecule has 1 aliphatic carbocycles. The van der Waals surface area contributed by atoms with Gasteiger partial charge in [0.1, 0.15) is 11.1 Å². The second kappa shape index (κ2) is 9.44. The standard InChI is InChI=1S/C24H28N2O3S/c1-24(2,3)17-9-10-18-19(14-25)23(30-21(18)13-17)26-12-11-22(28)29-15-20(27)16-7-5-4-6-8-16/h4-8,17,26H,9-13,15H2,1-3H3. The fourth-order valence-corrected chi connectivity index (χ4v) is 5.07. The molecular weight excluding hydrogens is 396 g/mol. The summed E-state index contributed by atoms with van der Waals surface area (Å²) in [5.74, 6) is -0.0393. The number of ether oxygens (including phenoxy) is 1. The third-order valence-electron chi connectivity index (χ3n) is 5.68. The predicted molar refractivity (Wildman–Crippen MR) is 119 cm³/mol. The lowest BCUT2D eigenvalue weighted by atomic mass is 9.72. The molecule has 158 valence electrons. The molecule has 1 unspecified atom stereocenters. The van der Waals surface area contributed by atoms with Gasteiger partial charge in [0.05, 0.1) is 12.0 Å². The van der Waals surface area contributed by atoms with Crippen molar-refractivity contribution in [2.24, 2.45) is 11.3 Å². The fraction of sp³-hybridized carbons (Fsp3) is 0.458. The van der Waals surface area contributed by atoms with Gasteiger partial charge in [0, 0.05) is 17.0 Å². The van der Waals surface area contributed by atoms with Gasteiger partial charge in [-0.05, 0) is 36.2 Å². The van der Waals surface area contributed by atoms with E-state index in [0.717, 1.165) is 29.8 Å². The largest absolute Gasteiger partial charge is 0.457 e. The average molecular weight is 425 g/mol. The van der Waals surface area contributed by atoms with Crippen LogP contribution in [0, 0.1) is 22.7 Å². The lowest BCUT2D eigenvalue weighted by Gasteiger charge is -2.33. The number of thiophene rings is 1. The summed E-state index contributed by atoms with van der Waals surface area (Å²) in [5, 5.41) is 13.7. The molecule has 1 aromatic heterocycles. The van der Waals surface area contributed by atoms with E-state index in [4.69, 9.17) is 4.74 Å². The highest BCUT2D eigenvalue weighted by Crippen LogP contribution is 2.43. The molecule has 6 heteroatoms. The monoisotopic (exact) mass is 424 g/mol. The minimum atomic E-state index is -0.431. The minimum Gasteiger partial charge on any atom is -0.457 e. The molecule has 0 bridgehead atoms. The first-order valence-corrected chi connectivity index (χ1v) is 11.1. The molecule has 1 aliphatic rings. The lowest BCUT2D eigenvalue weighted by Crippen LogP contribution is -2.26. The number of rotatable bonds is 7. The zero-order valence-corrected chi connectivity index (χ0v) is 18.6. The molecule has 2 aromatic rings. The van der Waals surface area contributed by atoms with Crippen LogP contribution in [0.15, 0.2) is 30.3 Å². The van der Waals surface area contributed by atoms with E-state index in [1.807, 2.05) is 6.07 Å². The maximum absolute atomic E-state index is 12.0. The minimum absolute atomic E-state index is 0.139. The topological polar surface area (TPSA) is 79.2 Å². The molecule has 0 saturated carbocycles. The van der Waals surface area contributed by atoms with Crippen LogP contribution in [0.5, 0.6) is 0 Å². The number of hydrogen-bond donors (Lipinski definition) is 1. The Balaban J connectivity index is 1.51. The zero-order valence-electron chi connectivity index (χ0n) is 17.8. The van der Waals surface area contributed by atoms with Crippen molar-refractivity contribution in [3.63, 3.8) is 0 Å². The van der Waals surface area contributed by atoms with Gasteiger partial charge in [0.15, 0.2) is 12.4 Å². The summed E-state index contributed by atoms with van der Waals surface area (Å²) in [6.45, 7) is 6.93. The Morgan fingerprint density at radius 3 is 2.67 bits per heavy atom. The van der Waals surface area contributed by atoms with Gasteiger partial charge in [-0.1, -0.05) is 51.1 Å². The van der Waals surface area contributed by atoms with Crippen LogP contribution in [0.25, 0.3) is 0 Å². The molecule has 0 fully saturated rings. The van der Waals surface area contributed by atoms with E-state index in [1.54, 1.807) is 35.6 Å². The smallest absolute Gasteiger partial charge is 0.308 e. The summed E-state index contributed by atoms with van der Waals surface area (Å²) in [4.78, 5) is 25.3. The number of nitrogens with zero attached hydrogens (tertiary/aromatic N) is 1. The number of ketones is 1. The number of anilines is 1. The van der Waals surface area contributed by atoms with Crippen molar-refractivity contribution in [2.45, 2.75) is 46.5 Å². The predicted octanol–water partition coefficient (Wildman–Crippen LogP) is 5.00. The van der Waals surface area contributed by atoms with Crippen molar-refractivity contribution in [2.75, 3.05) is 18.5 Å². The summed E-state index contributed by atoms with van der Waals surface area (Å²) in [6, 6.07) is 11.1. The van der Waals surface area contributed by atoms with Crippen molar-refractivity contribution in [1.82, 2.24) is 0 Å². The number of hydrogen-bond acceptors (Lipinski definition) is 6. The third kappa shape index (κ3) is 5.28. The van der Waals surface area contributed by atoms with Gasteiger partial charge in [-0.15, -0.1) is 11.3 Å². The maximum Gasteiger partial charge on any atom is 0.308 e. The first-order valence-electron chi connectivity index (χ1n) is 10.3. The third-order valence-corrected chi connectivity index (χ3v) is 6.89. The fourth-order valence-electron chi connectivity index (χ4n) is 3.77. The molecule has 1 heterocycles. The van der Waals surface area contributed by atoms with Crippen LogP contribution < -0.4 is 5.32 Å². The highest BCUT2D eigenvalue weighted by Gasteiger charge is 2.32. The molecule has 0 aliphatic heterocycles. The van der Waals surface area contributed by atoms with Gasteiger partial charge < -0.3 is 10.1 Å². The van der Waals surface area contributed by atoms with Crippen molar-refractivity contribution >= 4 is 28.1 Å². The number of carbonyl (C=O) groups excluding carboxylic acids is 2. The first kappa shape index (κ1) is 22.0. The first-order chi connectivity index (χ1) is 14.3.